The molecule has 0 bridgehead atoms. The van der Waals surface area contributed by atoms with Gasteiger partial charge >= 0.3 is 5.97 Å². The quantitative estimate of drug-likeness (QED) is 0.0350. The number of allylic oxidation sites excluding steroid dienone is 2. The molecule has 0 aromatic rings. The zero-order chi connectivity index (χ0) is 39.8. The fourth-order valence-corrected chi connectivity index (χ4v) is 8.20. The maximum Gasteiger partial charge on any atom is 0.305 e. The second-order valence-electron chi connectivity index (χ2n) is 18.3. The van der Waals surface area contributed by atoms with Crippen LogP contribution in [0.5, 0.6) is 0 Å². The standard InChI is InChI=1S/C53H104O2/c1-4-5-6-7-8-9-10-11-12-13-14-19-23-26-29-32-35-38-41-44-47-50-53(54)55-51-48-45-42-39-36-33-30-27-24-21-18-16-15-17-20-22-25-28-31-34-37-40-43-46-49-52(2)3/h11-12,52H,4-10,13-51H2,1-3H3. The Balaban J connectivity index is 3.16. The highest BCUT2D eigenvalue weighted by molar-refractivity contribution is 5.69. The molecule has 0 amide bonds. The Labute approximate surface area is 348 Å². The molecule has 0 aromatic heterocycles. The van der Waals surface area contributed by atoms with Crippen molar-refractivity contribution >= 4 is 5.97 Å². The van der Waals surface area contributed by atoms with Crippen molar-refractivity contribution < 1.29 is 9.53 Å². The van der Waals surface area contributed by atoms with Crippen LogP contribution < -0.4 is 0 Å². The molecule has 0 spiro atoms. The van der Waals surface area contributed by atoms with Crippen LogP contribution >= 0.6 is 0 Å². The van der Waals surface area contributed by atoms with Gasteiger partial charge in [-0.3, -0.25) is 4.79 Å². The number of unbranched alkanes of at least 4 members (excludes halogenated alkanes) is 40. The van der Waals surface area contributed by atoms with Gasteiger partial charge < -0.3 is 4.74 Å². The SMILES string of the molecule is CCCCCCCCC=CCCCCCCCCCCCCCC(=O)OCCCCCCCCCCCCCCCCCCCCCCCCCCC(C)C. The van der Waals surface area contributed by atoms with E-state index in [4.69, 9.17) is 4.74 Å². The van der Waals surface area contributed by atoms with Gasteiger partial charge in [-0.15, -0.1) is 0 Å². The van der Waals surface area contributed by atoms with Gasteiger partial charge in [-0.1, -0.05) is 277 Å². The summed E-state index contributed by atoms with van der Waals surface area (Å²) in [5.41, 5.74) is 0. The minimum atomic E-state index is 0.0303. The second kappa shape index (κ2) is 49.4. The molecular formula is C53H104O2. The fourth-order valence-electron chi connectivity index (χ4n) is 8.20. The van der Waals surface area contributed by atoms with Crippen molar-refractivity contribution in [2.75, 3.05) is 6.61 Å². The van der Waals surface area contributed by atoms with E-state index < -0.39 is 0 Å². The number of hydrogen-bond donors (Lipinski definition) is 0. The Bertz CT molecular complexity index is 726. The zero-order valence-corrected chi connectivity index (χ0v) is 38.6. The molecule has 0 saturated heterocycles. The summed E-state index contributed by atoms with van der Waals surface area (Å²) < 4.78 is 5.50. The minimum Gasteiger partial charge on any atom is -0.466 e. The molecule has 0 radical (unpaired) electrons. The van der Waals surface area contributed by atoms with E-state index >= 15 is 0 Å². The fraction of sp³-hybridized carbons (Fsp3) is 0.943. The van der Waals surface area contributed by atoms with Crippen molar-refractivity contribution in [3.8, 4) is 0 Å². The largest absolute Gasteiger partial charge is 0.466 e. The van der Waals surface area contributed by atoms with Crippen LogP contribution in [0, 0.1) is 5.92 Å². The van der Waals surface area contributed by atoms with E-state index in [0.717, 1.165) is 18.8 Å². The molecule has 2 nitrogen and oxygen atoms in total. The summed E-state index contributed by atoms with van der Waals surface area (Å²) in [6, 6.07) is 0. The van der Waals surface area contributed by atoms with Gasteiger partial charge in [-0.25, -0.2) is 0 Å². The highest BCUT2D eigenvalue weighted by Crippen LogP contribution is 2.17. The van der Waals surface area contributed by atoms with Crippen molar-refractivity contribution in [2.24, 2.45) is 5.92 Å². The maximum absolute atomic E-state index is 12.1. The second-order valence-corrected chi connectivity index (χ2v) is 18.3. The van der Waals surface area contributed by atoms with Gasteiger partial charge in [0.1, 0.15) is 0 Å². The number of esters is 1. The first-order valence-electron chi connectivity index (χ1n) is 26.0. The van der Waals surface area contributed by atoms with Crippen LogP contribution in [0.2, 0.25) is 0 Å². The van der Waals surface area contributed by atoms with Crippen molar-refractivity contribution in [1.82, 2.24) is 0 Å². The third kappa shape index (κ3) is 51.2. The predicted octanol–water partition coefficient (Wildman–Crippen LogP) is 19.3. The molecule has 0 unspecified atom stereocenters. The molecule has 0 aliphatic carbocycles. The van der Waals surface area contributed by atoms with Gasteiger partial charge in [-0.2, -0.15) is 0 Å². The molecule has 0 saturated carbocycles. The first kappa shape index (κ1) is 54.2. The van der Waals surface area contributed by atoms with E-state index in [1.54, 1.807) is 0 Å². The Morgan fingerprint density at radius 2 is 0.636 bits per heavy atom. The van der Waals surface area contributed by atoms with Crippen LogP contribution in [0.1, 0.15) is 310 Å². The topological polar surface area (TPSA) is 26.3 Å². The molecule has 0 N–H and O–H groups in total. The third-order valence-electron chi connectivity index (χ3n) is 12.1. The van der Waals surface area contributed by atoms with Crippen LogP contribution in [0.4, 0.5) is 0 Å². The van der Waals surface area contributed by atoms with Crippen LogP contribution in [-0.4, -0.2) is 12.6 Å². The molecule has 0 atom stereocenters. The third-order valence-corrected chi connectivity index (χ3v) is 12.1. The van der Waals surface area contributed by atoms with Gasteiger partial charge in [0.25, 0.3) is 0 Å². The van der Waals surface area contributed by atoms with E-state index in [0.29, 0.717) is 13.0 Å². The summed E-state index contributed by atoms with van der Waals surface area (Å²) in [6.07, 6.45) is 66.4. The van der Waals surface area contributed by atoms with Crippen molar-refractivity contribution in [3.63, 3.8) is 0 Å². The number of carbonyl (C=O) groups is 1. The summed E-state index contributed by atoms with van der Waals surface area (Å²) in [5, 5.41) is 0. The number of hydrogen-bond acceptors (Lipinski definition) is 2. The van der Waals surface area contributed by atoms with E-state index in [9.17, 15) is 4.79 Å². The smallest absolute Gasteiger partial charge is 0.305 e. The van der Waals surface area contributed by atoms with E-state index in [1.165, 1.54) is 270 Å². The first-order chi connectivity index (χ1) is 27.2. The molecular weight excluding hydrogens is 669 g/mol. The van der Waals surface area contributed by atoms with Gasteiger partial charge in [0.15, 0.2) is 0 Å². The lowest BCUT2D eigenvalue weighted by Crippen LogP contribution is -2.05. The van der Waals surface area contributed by atoms with E-state index in [2.05, 4.69) is 32.9 Å². The Kier molecular flexibility index (Phi) is 48.6. The molecule has 0 aliphatic rings. The van der Waals surface area contributed by atoms with Gasteiger partial charge in [0.2, 0.25) is 0 Å². The average molecular weight is 773 g/mol. The van der Waals surface area contributed by atoms with Crippen molar-refractivity contribution in [3.05, 3.63) is 12.2 Å². The van der Waals surface area contributed by atoms with Crippen LogP contribution in [0.3, 0.4) is 0 Å². The first-order valence-corrected chi connectivity index (χ1v) is 26.0. The Hall–Kier alpha value is -0.790. The molecule has 55 heavy (non-hydrogen) atoms. The average Bonchev–Trinajstić information content (AvgIpc) is 3.18. The number of carbonyl (C=O) groups excluding carboxylic acids is 1. The molecule has 328 valence electrons. The summed E-state index contributed by atoms with van der Waals surface area (Å²) in [4.78, 5) is 12.1. The van der Waals surface area contributed by atoms with Gasteiger partial charge in [0.05, 0.1) is 6.61 Å². The summed E-state index contributed by atoms with van der Waals surface area (Å²) in [5.74, 6) is 0.916. The highest BCUT2D eigenvalue weighted by atomic mass is 16.5. The van der Waals surface area contributed by atoms with Crippen LogP contribution in [-0.2, 0) is 9.53 Å². The molecule has 0 fully saturated rings. The molecule has 0 aromatic carbocycles. The van der Waals surface area contributed by atoms with E-state index in [-0.39, 0.29) is 5.97 Å². The Morgan fingerprint density at radius 1 is 0.364 bits per heavy atom. The molecule has 2 heteroatoms. The summed E-state index contributed by atoms with van der Waals surface area (Å²) in [7, 11) is 0. The normalized spacial score (nSPS) is 11.8. The molecule has 0 aliphatic heterocycles. The number of ether oxygens (including phenoxy) is 1. The summed E-state index contributed by atoms with van der Waals surface area (Å²) >= 11 is 0. The maximum atomic E-state index is 12.1. The molecule has 0 rings (SSSR count). The lowest BCUT2D eigenvalue weighted by molar-refractivity contribution is -0.143. The van der Waals surface area contributed by atoms with Crippen LogP contribution in [0.15, 0.2) is 12.2 Å². The van der Waals surface area contributed by atoms with Crippen LogP contribution in [0.25, 0.3) is 0 Å². The predicted molar refractivity (Wildman–Crippen MR) is 248 cm³/mol. The lowest BCUT2D eigenvalue weighted by atomic mass is 10.0. The number of rotatable bonds is 48. The van der Waals surface area contributed by atoms with Gasteiger partial charge in [0, 0.05) is 6.42 Å². The highest BCUT2D eigenvalue weighted by Gasteiger charge is 2.03. The molecule has 0 heterocycles. The Morgan fingerprint density at radius 3 is 0.964 bits per heavy atom. The lowest BCUT2D eigenvalue weighted by Gasteiger charge is -2.06. The zero-order valence-electron chi connectivity index (χ0n) is 38.6. The van der Waals surface area contributed by atoms with Crippen molar-refractivity contribution in [2.45, 2.75) is 310 Å². The van der Waals surface area contributed by atoms with Gasteiger partial charge in [-0.05, 0) is 44.4 Å². The minimum absolute atomic E-state index is 0.0303. The van der Waals surface area contributed by atoms with E-state index in [1.807, 2.05) is 0 Å². The summed E-state index contributed by atoms with van der Waals surface area (Å²) in [6.45, 7) is 7.62. The van der Waals surface area contributed by atoms with Crippen molar-refractivity contribution in [1.29, 1.82) is 0 Å². The monoisotopic (exact) mass is 773 g/mol.